The van der Waals surface area contributed by atoms with Crippen molar-refractivity contribution in [3.8, 4) is 0 Å². The maximum Gasteiger partial charge on any atom is 0.414 e. The van der Waals surface area contributed by atoms with Crippen molar-refractivity contribution in [3.63, 3.8) is 0 Å². The second-order valence-corrected chi connectivity index (χ2v) is 8.47. The van der Waals surface area contributed by atoms with Gasteiger partial charge in [-0.3, -0.25) is 9.69 Å². The molecule has 3 amide bonds. The summed E-state index contributed by atoms with van der Waals surface area (Å²) in [4.78, 5) is 39.1. The summed E-state index contributed by atoms with van der Waals surface area (Å²) >= 11 is 0. The summed E-state index contributed by atoms with van der Waals surface area (Å²) in [5.74, 6) is -0.463. The summed E-state index contributed by atoms with van der Waals surface area (Å²) in [6, 6.07) is 15.5. The Morgan fingerprint density at radius 2 is 1.76 bits per heavy atom. The summed E-state index contributed by atoms with van der Waals surface area (Å²) in [7, 11) is 0. The first-order valence-electron chi connectivity index (χ1n) is 10.7. The number of anilines is 2. The zero-order valence-electron chi connectivity index (χ0n) is 19.0. The second kappa shape index (κ2) is 10.8. The first-order valence-corrected chi connectivity index (χ1v) is 10.7. The number of benzene rings is 2. The van der Waals surface area contributed by atoms with Gasteiger partial charge < -0.3 is 24.8 Å². The van der Waals surface area contributed by atoms with Crippen molar-refractivity contribution < 1.29 is 28.6 Å². The van der Waals surface area contributed by atoms with Crippen LogP contribution in [0.15, 0.2) is 54.6 Å². The molecule has 176 valence electrons. The van der Waals surface area contributed by atoms with Crippen LogP contribution in [-0.4, -0.2) is 49.5 Å². The minimum absolute atomic E-state index is 0.0376. The van der Waals surface area contributed by atoms with Gasteiger partial charge in [0.1, 0.15) is 18.2 Å². The van der Waals surface area contributed by atoms with E-state index in [-0.39, 0.29) is 19.8 Å². The zero-order valence-corrected chi connectivity index (χ0v) is 19.0. The number of hydrogen-bond donors (Lipinski definition) is 2. The standard InChI is InChI=1S/C24H29N3O6/c1-24(2,3)33-22(29)26-19-15-27(20-12-8-7-11-18(20)25-21(19)28)23(30)32-14-13-31-16-17-9-5-4-6-10-17/h4-12,19H,13-16H2,1-3H3,(H,25,28)(H,26,29)/t19-/m0/s1. The SMILES string of the molecule is CC(C)(C)OC(=O)N[C@H]1CN(C(=O)OCCOCc2ccccc2)c2ccccc2NC1=O. The monoisotopic (exact) mass is 455 g/mol. The summed E-state index contributed by atoms with van der Waals surface area (Å²) in [5.41, 5.74) is 1.20. The van der Waals surface area contributed by atoms with Crippen molar-refractivity contribution in [2.75, 3.05) is 30.0 Å². The van der Waals surface area contributed by atoms with Crippen molar-refractivity contribution >= 4 is 29.5 Å². The van der Waals surface area contributed by atoms with Crippen LogP contribution in [0.3, 0.4) is 0 Å². The van der Waals surface area contributed by atoms with Crippen LogP contribution in [-0.2, 0) is 25.6 Å². The van der Waals surface area contributed by atoms with Gasteiger partial charge in [-0.05, 0) is 38.5 Å². The molecule has 0 saturated heterocycles. The number of nitrogens with one attached hydrogen (secondary N) is 2. The highest BCUT2D eigenvalue weighted by Gasteiger charge is 2.33. The van der Waals surface area contributed by atoms with Gasteiger partial charge in [0.25, 0.3) is 0 Å². The van der Waals surface area contributed by atoms with Crippen LogP contribution in [0, 0.1) is 0 Å². The predicted octanol–water partition coefficient (Wildman–Crippen LogP) is 3.69. The van der Waals surface area contributed by atoms with E-state index >= 15 is 0 Å². The van der Waals surface area contributed by atoms with Gasteiger partial charge in [0.15, 0.2) is 0 Å². The Morgan fingerprint density at radius 1 is 1.06 bits per heavy atom. The van der Waals surface area contributed by atoms with Crippen LogP contribution in [0.1, 0.15) is 26.3 Å². The molecule has 1 aliphatic rings. The lowest BCUT2D eigenvalue weighted by Crippen LogP contribution is -2.51. The van der Waals surface area contributed by atoms with Crippen molar-refractivity contribution in [1.29, 1.82) is 0 Å². The van der Waals surface area contributed by atoms with Crippen LogP contribution < -0.4 is 15.5 Å². The quantitative estimate of drug-likeness (QED) is 0.644. The lowest BCUT2D eigenvalue weighted by molar-refractivity contribution is -0.117. The fraction of sp³-hybridized carbons (Fsp3) is 0.375. The number of fused-ring (bicyclic) bond motifs is 1. The molecule has 1 aliphatic heterocycles. The summed E-state index contributed by atoms with van der Waals surface area (Å²) in [6.45, 7) is 5.71. The van der Waals surface area contributed by atoms with Crippen LogP contribution in [0.25, 0.3) is 0 Å². The first kappa shape index (κ1) is 24.1. The Kier molecular flexibility index (Phi) is 7.89. The average molecular weight is 456 g/mol. The molecule has 2 aromatic rings. The van der Waals surface area contributed by atoms with E-state index in [1.165, 1.54) is 4.90 Å². The van der Waals surface area contributed by atoms with E-state index in [9.17, 15) is 14.4 Å². The average Bonchev–Trinajstić information content (AvgIpc) is 2.89. The number of carbonyl (C=O) groups excluding carboxylic acids is 3. The highest BCUT2D eigenvalue weighted by Crippen LogP contribution is 2.29. The van der Waals surface area contributed by atoms with E-state index in [1.54, 1.807) is 45.0 Å². The molecule has 9 heteroatoms. The zero-order chi connectivity index (χ0) is 23.8. The lowest BCUT2D eigenvalue weighted by atomic mass is 10.2. The molecule has 0 spiro atoms. The highest BCUT2D eigenvalue weighted by atomic mass is 16.6. The maximum atomic E-state index is 12.9. The Hall–Kier alpha value is -3.59. The number of rotatable bonds is 6. The Bertz CT molecular complexity index is 974. The number of alkyl carbamates (subject to hydrolysis) is 1. The lowest BCUT2D eigenvalue weighted by Gasteiger charge is -2.25. The topological polar surface area (TPSA) is 106 Å². The van der Waals surface area contributed by atoms with E-state index in [2.05, 4.69) is 10.6 Å². The Balaban J connectivity index is 1.62. The number of nitrogens with zero attached hydrogens (tertiary/aromatic N) is 1. The van der Waals surface area contributed by atoms with E-state index in [0.29, 0.717) is 18.0 Å². The van der Waals surface area contributed by atoms with Crippen molar-refractivity contribution in [3.05, 3.63) is 60.2 Å². The fourth-order valence-electron chi connectivity index (χ4n) is 3.16. The molecule has 0 aromatic heterocycles. The molecule has 1 heterocycles. The summed E-state index contributed by atoms with van der Waals surface area (Å²) < 4.78 is 16.2. The molecular weight excluding hydrogens is 426 g/mol. The predicted molar refractivity (Wildman–Crippen MR) is 123 cm³/mol. The van der Waals surface area contributed by atoms with Crippen LogP contribution in [0.4, 0.5) is 21.0 Å². The fourth-order valence-corrected chi connectivity index (χ4v) is 3.16. The normalized spacial score (nSPS) is 15.7. The van der Waals surface area contributed by atoms with Gasteiger partial charge in [0.05, 0.1) is 31.1 Å². The van der Waals surface area contributed by atoms with E-state index in [0.717, 1.165) is 5.56 Å². The van der Waals surface area contributed by atoms with Crippen molar-refractivity contribution in [1.82, 2.24) is 5.32 Å². The first-order chi connectivity index (χ1) is 15.7. The molecule has 0 fully saturated rings. The van der Waals surface area contributed by atoms with Crippen molar-refractivity contribution in [2.24, 2.45) is 0 Å². The summed E-state index contributed by atoms with van der Waals surface area (Å²) in [5, 5.41) is 5.27. The van der Waals surface area contributed by atoms with Crippen molar-refractivity contribution in [2.45, 2.75) is 39.0 Å². The van der Waals surface area contributed by atoms with Gasteiger partial charge in [-0.2, -0.15) is 0 Å². The molecule has 9 nitrogen and oxygen atoms in total. The second-order valence-electron chi connectivity index (χ2n) is 8.47. The number of para-hydroxylation sites is 2. The Morgan fingerprint density at radius 3 is 2.48 bits per heavy atom. The van der Waals surface area contributed by atoms with Crippen LogP contribution in [0.2, 0.25) is 0 Å². The smallest absolute Gasteiger partial charge is 0.414 e. The van der Waals surface area contributed by atoms with Crippen LogP contribution in [0.5, 0.6) is 0 Å². The van der Waals surface area contributed by atoms with E-state index in [4.69, 9.17) is 14.2 Å². The molecule has 0 bridgehead atoms. The molecular formula is C24H29N3O6. The van der Waals surface area contributed by atoms with Gasteiger partial charge in [0, 0.05) is 0 Å². The van der Waals surface area contributed by atoms with E-state index < -0.39 is 29.7 Å². The van der Waals surface area contributed by atoms with Gasteiger partial charge >= 0.3 is 12.2 Å². The number of hydrogen-bond acceptors (Lipinski definition) is 6. The van der Waals surface area contributed by atoms with Gasteiger partial charge in [0.2, 0.25) is 5.91 Å². The third-order valence-electron chi connectivity index (χ3n) is 4.61. The number of ether oxygens (including phenoxy) is 3. The van der Waals surface area contributed by atoms with E-state index in [1.807, 2.05) is 30.3 Å². The van der Waals surface area contributed by atoms with Gasteiger partial charge in [-0.1, -0.05) is 42.5 Å². The minimum Gasteiger partial charge on any atom is -0.447 e. The molecule has 3 rings (SSSR count). The molecule has 0 radical (unpaired) electrons. The number of carbonyl (C=O) groups is 3. The van der Waals surface area contributed by atoms with Gasteiger partial charge in [-0.25, -0.2) is 9.59 Å². The molecule has 0 aliphatic carbocycles. The third-order valence-corrected chi connectivity index (χ3v) is 4.61. The summed E-state index contributed by atoms with van der Waals surface area (Å²) in [6.07, 6.45) is -1.41. The molecule has 33 heavy (non-hydrogen) atoms. The number of amides is 3. The molecule has 2 N–H and O–H groups in total. The largest absolute Gasteiger partial charge is 0.447 e. The van der Waals surface area contributed by atoms with Gasteiger partial charge in [-0.15, -0.1) is 0 Å². The molecule has 2 aromatic carbocycles. The molecule has 0 saturated carbocycles. The maximum absolute atomic E-state index is 12.9. The molecule has 1 atom stereocenters. The highest BCUT2D eigenvalue weighted by molar-refractivity contribution is 6.05. The minimum atomic E-state index is -1.03. The van der Waals surface area contributed by atoms with Crippen LogP contribution >= 0.6 is 0 Å². The third kappa shape index (κ3) is 7.21. The Labute approximate surface area is 193 Å². The molecule has 0 unspecified atom stereocenters.